The van der Waals surface area contributed by atoms with Crippen LogP contribution in [0, 0.1) is 5.41 Å². The van der Waals surface area contributed by atoms with Crippen LogP contribution in [0.25, 0.3) is 0 Å². The number of nitrogens with zero attached hydrogens (tertiary/aromatic N) is 1. The van der Waals surface area contributed by atoms with Crippen LogP contribution in [0.1, 0.15) is 46.5 Å². The Morgan fingerprint density at radius 1 is 1.28 bits per heavy atom. The van der Waals surface area contributed by atoms with E-state index in [0.717, 1.165) is 32.2 Å². The molecule has 2 aliphatic heterocycles. The molecule has 0 N–H and O–H groups in total. The second kappa shape index (κ2) is 3.41. The van der Waals surface area contributed by atoms with Crippen LogP contribution in [-0.4, -0.2) is 41.9 Å². The van der Waals surface area contributed by atoms with E-state index >= 15 is 0 Å². The summed E-state index contributed by atoms with van der Waals surface area (Å²) in [5.41, 5.74) is -0.112. The highest BCUT2D eigenvalue weighted by Gasteiger charge is 2.71. The zero-order valence-corrected chi connectivity index (χ0v) is 11.8. The summed E-state index contributed by atoms with van der Waals surface area (Å²) in [5.74, 6) is 0. The molecule has 0 unspecified atom stereocenters. The number of rotatable bonds is 2. The molecule has 18 heavy (non-hydrogen) atoms. The molecule has 2 heterocycles. The molecule has 102 valence electrons. The Balaban J connectivity index is 1.68. The van der Waals surface area contributed by atoms with E-state index in [0.29, 0.717) is 6.04 Å². The summed E-state index contributed by atoms with van der Waals surface area (Å²) in [4.78, 5) is 14.1. The third-order valence-electron chi connectivity index (χ3n) is 4.86. The Morgan fingerprint density at radius 3 is 2.33 bits per heavy atom. The highest BCUT2D eigenvalue weighted by Crippen LogP contribution is 2.67. The van der Waals surface area contributed by atoms with E-state index in [1.807, 2.05) is 32.8 Å². The minimum absolute atomic E-state index is 0.0697. The maximum absolute atomic E-state index is 12.1. The van der Waals surface area contributed by atoms with Gasteiger partial charge in [0.1, 0.15) is 5.60 Å². The van der Waals surface area contributed by atoms with Gasteiger partial charge in [-0.05, 0) is 46.5 Å². The Morgan fingerprint density at radius 2 is 1.89 bits per heavy atom. The molecule has 2 saturated heterocycles. The van der Waals surface area contributed by atoms with Gasteiger partial charge in [-0.2, -0.15) is 0 Å². The lowest BCUT2D eigenvalue weighted by molar-refractivity contribution is -0.0561. The quantitative estimate of drug-likeness (QED) is 0.759. The van der Waals surface area contributed by atoms with Crippen molar-refractivity contribution >= 4 is 6.09 Å². The van der Waals surface area contributed by atoms with E-state index in [-0.39, 0.29) is 17.1 Å². The van der Waals surface area contributed by atoms with E-state index in [1.54, 1.807) is 0 Å². The molecule has 4 fully saturated rings. The Kier molecular flexibility index (Phi) is 2.32. The van der Waals surface area contributed by atoms with E-state index in [9.17, 15) is 4.79 Å². The molecule has 1 amide bonds. The van der Waals surface area contributed by atoms with Crippen molar-refractivity contribution in [1.29, 1.82) is 0 Å². The van der Waals surface area contributed by atoms with Crippen molar-refractivity contribution in [1.82, 2.24) is 4.90 Å². The summed E-state index contributed by atoms with van der Waals surface area (Å²) in [6.07, 6.45) is 4.34. The summed E-state index contributed by atoms with van der Waals surface area (Å²) < 4.78 is 11.2. The molecule has 0 radical (unpaired) electrons. The molecule has 2 bridgehead atoms. The minimum Gasteiger partial charge on any atom is -0.444 e. The molecular weight excluding hydrogens is 230 g/mol. The van der Waals surface area contributed by atoms with Crippen LogP contribution in [0.2, 0.25) is 0 Å². The average Bonchev–Trinajstić information content (AvgIpc) is 2.77. The second-order valence-electron chi connectivity index (χ2n) is 7.15. The first-order valence-electron chi connectivity index (χ1n) is 6.86. The van der Waals surface area contributed by atoms with Crippen LogP contribution in [0.15, 0.2) is 0 Å². The molecule has 4 rings (SSSR count). The Bertz CT molecular complexity index is 375. The molecule has 0 atom stereocenters. The monoisotopic (exact) mass is 253 g/mol. The van der Waals surface area contributed by atoms with Crippen molar-refractivity contribution in [2.75, 3.05) is 13.7 Å². The number of methoxy groups -OCH3 is 1. The smallest absolute Gasteiger partial charge is 0.410 e. The fraction of sp³-hybridized carbons (Fsp3) is 0.929. The van der Waals surface area contributed by atoms with Gasteiger partial charge < -0.3 is 14.4 Å². The van der Waals surface area contributed by atoms with Crippen molar-refractivity contribution in [2.45, 2.75) is 63.7 Å². The molecule has 0 aromatic carbocycles. The molecule has 0 spiro atoms. The maximum atomic E-state index is 12.1. The summed E-state index contributed by atoms with van der Waals surface area (Å²) in [5, 5.41) is 0. The first-order valence-corrected chi connectivity index (χ1v) is 6.86. The highest BCUT2D eigenvalue weighted by atomic mass is 16.6. The molecule has 2 aliphatic carbocycles. The normalized spacial score (nSPS) is 36.2. The van der Waals surface area contributed by atoms with Gasteiger partial charge in [-0.3, -0.25) is 0 Å². The SMILES string of the molecule is COC1(C23CC(C2)N(C(=O)OC(C)(C)C)C3)CC1. The van der Waals surface area contributed by atoms with Crippen LogP contribution in [0.5, 0.6) is 0 Å². The number of hydrogen-bond acceptors (Lipinski definition) is 3. The topological polar surface area (TPSA) is 38.8 Å². The van der Waals surface area contributed by atoms with E-state index in [4.69, 9.17) is 9.47 Å². The standard InChI is InChI=1S/C14H23NO3/c1-12(2,3)18-11(16)15-9-13(7-10(15)8-13)14(17-4)5-6-14/h10H,5-9H2,1-4H3. The number of carbonyl (C=O) groups excluding carboxylic acids is 1. The molecule has 0 aromatic rings. The zero-order valence-electron chi connectivity index (χ0n) is 11.8. The molecular formula is C14H23NO3. The molecule has 2 saturated carbocycles. The van der Waals surface area contributed by atoms with Gasteiger partial charge in [-0.15, -0.1) is 0 Å². The predicted molar refractivity (Wildman–Crippen MR) is 67.4 cm³/mol. The summed E-state index contributed by atoms with van der Waals surface area (Å²) in [7, 11) is 1.81. The number of ether oxygens (including phenoxy) is 2. The van der Waals surface area contributed by atoms with E-state index < -0.39 is 5.60 Å². The van der Waals surface area contributed by atoms with Crippen LogP contribution in [-0.2, 0) is 9.47 Å². The lowest BCUT2D eigenvalue weighted by Gasteiger charge is -2.43. The zero-order chi connectivity index (χ0) is 13.2. The highest BCUT2D eigenvalue weighted by molar-refractivity contribution is 5.70. The van der Waals surface area contributed by atoms with Crippen LogP contribution in [0.3, 0.4) is 0 Å². The molecule has 4 heteroatoms. The second-order valence-corrected chi connectivity index (χ2v) is 7.15. The van der Waals surface area contributed by atoms with Crippen molar-refractivity contribution in [3.05, 3.63) is 0 Å². The Labute approximate surface area is 109 Å². The van der Waals surface area contributed by atoms with Crippen molar-refractivity contribution < 1.29 is 14.3 Å². The van der Waals surface area contributed by atoms with Crippen LogP contribution >= 0.6 is 0 Å². The summed E-state index contributed by atoms with van der Waals surface area (Å²) >= 11 is 0. The molecule has 4 aliphatic rings. The number of fused-ring (bicyclic) bond motifs is 1. The summed E-state index contributed by atoms with van der Waals surface area (Å²) in [6.45, 7) is 6.57. The summed E-state index contributed by atoms with van der Waals surface area (Å²) in [6, 6.07) is 0.382. The van der Waals surface area contributed by atoms with Gasteiger partial charge >= 0.3 is 6.09 Å². The van der Waals surface area contributed by atoms with Crippen LogP contribution in [0.4, 0.5) is 4.79 Å². The van der Waals surface area contributed by atoms with Gasteiger partial charge in [-0.1, -0.05) is 0 Å². The molecule has 0 aromatic heterocycles. The van der Waals surface area contributed by atoms with Gasteiger partial charge in [0, 0.05) is 25.1 Å². The van der Waals surface area contributed by atoms with Gasteiger partial charge in [-0.25, -0.2) is 4.79 Å². The maximum Gasteiger partial charge on any atom is 0.410 e. The van der Waals surface area contributed by atoms with Gasteiger partial charge in [0.2, 0.25) is 0 Å². The number of amides is 1. The van der Waals surface area contributed by atoms with Gasteiger partial charge in [0.25, 0.3) is 0 Å². The first-order chi connectivity index (χ1) is 8.31. The van der Waals surface area contributed by atoms with Gasteiger partial charge in [0.05, 0.1) is 5.60 Å². The third-order valence-corrected chi connectivity index (χ3v) is 4.86. The van der Waals surface area contributed by atoms with Gasteiger partial charge in [0.15, 0.2) is 0 Å². The van der Waals surface area contributed by atoms with Crippen LogP contribution < -0.4 is 0 Å². The fourth-order valence-corrected chi connectivity index (χ4v) is 3.76. The third kappa shape index (κ3) is 1.58. The first kappa shape index (κ1) is 12.3. The average molecular weight is 253 g/mol. The fourth-order valence-electron chi connectivity index (χ4n) is 3.76. The predicted octanol–water partition coefficient (Wildman–Crippen LogP) is 2.56. The number of hydrogen-bond donors (Lipinski definition) is 0. The largest absolute Gasteiger partial charge is 0.444 e. The lowest BCUT2D eigenvalue weighted by atomic mass is 9.65. The Hall–Kier alpha value is -0.770. The van der Waals surface area contributed by atoms with Crippen molar-refractivity contribution in [2.24, 2.45) is 5.41 Å². The van der Waals surface area contributed by atoms with Crippen molar-refractivity contribution in [3.8, 4) is 0 Å². The van der Waals surface area contributed by atoms with E-state index in [1.165, 1.54) is 0 Å². The molecule has 4 nitrogen and oxygen atoms in total. The lowest BCUT2D eigenvalue weighted by Crippen LogP contribution is -2.46. The van der Waals surface area contributed by atoms with Crippen molar-refractivity contribution in [3.63, 3.8) is 0 Å². The number of carbonyl (C=O) groups is 1. The van der Waals surface area contributed by atoms with E-state index in [2.05, 4.69) is 0 Å². The minimum atomic E-state index is -0.407.